The van der Waals surface area contributed by atoms with Crippen LogP contribution >= 0.6 is 0 Å². The molecule has 0 amide bonds. The standard InChI is InChI=1S/C14H17N5O4/c1-7-4-18-13(22)11-12(17(2)14(18)16-7)19(6-15-11)10-3-8(21)9(5-20)23-10/h4,6,8-10,20-21H,3,5H2,1-2H3. The fourth-order valence-corrected chi connectivity index (χ4v) is 3.18. The van der Waals surface area contributed by atoms with Gasteiger partial charge in [0.15, 0.2) is 11.2 Å². The second kappa shape index (κ2) is 4.88. The Balaban J connectivity index is 1.94. The van der Waals surface area contributed by atoms with Gasteiger partial charge in [-0.3, -0.25) is 13.9 Å². The van der Waals surface area contributed by atoms with Crippen molar-refractivity contribution in [1.82, 2.24) is 23.5 Å². The topological polar surface area (TPSA) is 107 Å². The van der Waals surface area contributed by atoms with Crippen LogP contribution in [-0.4, -0.2) is 52.5 Å². The van der Waals surface area contributed by atoms with E-state index >= 15 is 0 Å². The predicted octanol–water partition coefficient (Wildman–Crippen LogP) is -0.668. The summed E-state index contributed by atoms with van der Waals surface area (Å²) in [5.41, 5.74) is 1.38. The van der Waals surface area contributed by atoms with Gasteiger partial charge in [-0.2, -0.15) is 0 Å². The molecule has 0 bridgehead atoms. The van der Waals surface area contributed by atoms with Gasteiger partial charge in [-0.15, -0.1) is 0 Å². The molecule has 4 heterocycles. The molecule has 3 aromatic heterocycles. The lowest BCUT2D eigenvalue weighted by Crippen LogP contribution is -2.24. The first-order valence-electron chi connectivity index (χ1n) is 7.37. The average Bonchev–Trinajstić information content (AvgIpc) is 3.20. The molecule has 2 N–H and O–H groups in total. The minimum absolute atomic E-state index is 0.246. The number of aliphatic hydroxyl groups is 2. The zero-order chi connectivity index (χ0) is 16.3. The number of aliphatic hydroxyl groups excluding tert-OH is 2. The fraction of sp³-hybridized carbons (Fsp3) is 0.500. The lowest BCUT2D eigenvalue weighted by Gasteiger charge is -2.15. The van der Waals surface area contributed by atoms with Crippen molar-refractivity contribution >= 4 is 16.9 Å². The predicted molar refractivity (Wildman–Crippen MR) is 80.1 cm³/mol. The molecule has 122 valence electrons. The van der Waals surface area contributed by atoms with Gasteiger partial charge in [-0.25, -0.2) is 14.4 Å². The molecule has 9 heteroatoms. The maximum absolute atomic E-state index is 12.6. The first-order chi connectivity index (χ1) is 11.0. The largest absolute Gasteiger partial charge is 0.394 e. The highest BCUT2D eigenvalue weighted by Crippen LogP contribution is 2.30. The summed E-state index contributed by atoms with van der Waals surface area (Å²) in [6.07, 6.45) is 1.65. The molecule has 23 heavy (non-hydrogen) atoms. The molecule has 0 aliphatic carbocycles. The molecule has 1 aliphatic heterocycles. The van der Waals surface area contributed by atoms with Crippen molar-refractivity contribution in [2.75, 3.05) is 6.61 Å². The molecule has 0 aromatic carbocycles. The second-order valence-corrected chi connectivity index (χ2v) is 5.86. The van der Waals surface area contributed by atoms with Gasteiger partial charge in [-0.05, 0) is 6.92 Å². The summed E-state index contributed by atoms with van der Waals surface area (Å²) >= 11 is 0. The third-order valence-corrected chi connectivity index (χ3v) is 4.31. The van der Waals surface area contributed by atoms with Crippen molar-refractivity contribution in [3.8, 4) is 0 Å². The molecule has 3 atom stereocenters. The quantitative estimate of drug-likeness (QED) is 0.649. The summed E-state index contributed by atoms with van der Waals surface area (Å²) in [5.74, 6) is 0.513. The molecule has 4 rings (SSSR count). The molecule has 9 nitrogen and oxygen atoms in total. The van der Waals surface area contributed by atoms with E-state index in [2.05, 4.69) is 9.97 Å². The summed E-state index contributed by atoms with van der Waals surface area (Å²) in [4.78, 5) is 21.2. The zero-order valence-corrected chi connectivity index (χ0v) is 12.7. The number of imidazole rings is 2. The molecule has 1 fully saturated rings. The number of ether oxygens (including phenoxy) is 1. The Labute approximate surface area is 130 Å². The number of hydrogen-bond donors (Lipinski definition) is 2. The van der Waals surface area contributed by atoms with E-state index < -0.39 is 18.4 Å². The Morgan fingerprint density at radius 1 is 1.48 bits per heavy atom. The van der Waals surface area contributed by atoms with Crippen LogP contribution in [0, 0.1) is 6.92 Å². The Hall–Kier alpha value is -2.23. The lowest BCUT2D eigenvalue weighted by atomic mass is 10.2. The van der Waals surface area contributed by atoms with Crippen molar-refractivity contribution < 1.29 is 14.9 Å². The number of nitrogens with zero attached hydrogens (tertiary/aromatic N) is 5. The minimum atomic E-state index is -0.753. The van der Waals surface area contributed by atoms with Crippen LogP contribution in [0.2, 0.25) is 0 Å². The molecule has 3 unspecified atom stereocenters. The first kappa shape index (κ1) is 14.4. The molecular formula is C14H17N5O4. The van der Waals surface area contributed by atoms with Crippen LogP contribution in [-0.2, 0) is 11.8 Å². The van der Waals surface area contributed by atoms with Gasteiger partial charge < -0.3 is 14.9 Å². The highest BCUT2D eigenvalue weighted by molar-refractivity contribution is 5.73. The first-order valence-corrected chi connectivity index (χ1v) is 7.37. The van der Waals surface area contributed by atoms with Gasteiger partial charge in [0.25, 0.3) is 5.56 Å². The number of rotatable bonds is 2. The Morgan fingerprint density at radius 2 is 2.26 bits per heavy atom. The van der Waals surface area contributed by atoms with Crippen molar-refractivity contribution in [2.24, 2.45) is 7.05 Å². The Morgan fingerprint density at radius 3 is 2.96 bits per heavy atom. The number of fused-ring (bicyclic) bond motifs is 2. The monoisotopic (exact) mass is 319 g/mol. The molecule has 0 spiro atoms. The lowest BCUT2D eigenvalue weighted by molar-refractivity contribution is -0.0433. The van der Waals surface area contributed by atoms with Gasteiger partial charge in [0.1, 0.15) is 12.3 Å². The van der Waals surface area contributed by atoms with Crippen LogP contribution in [0.15, 0.2) is 17.3 Å². The molecule has 1 saturated heterocycles. The maximum Gasteiger partial charge on any atom is 0.287 e. The normalized spacial score (nSPS) is 25.0. The second-order valence-electron chi connectivity index (χ2n) is 5.86. The molecule has 0 radical (unpaired) electrons. The summed E-state index contributed by atoms with van der Waals surface area (Å²) in [6.45, 7) is 1.56. The van der Waals surface area contributed by atoms with Gasteiger partial charge >= 0.3 is 0 Å². The summed E-state index contributed by atoms with van der Waals surface area (Å²) < 4.78 is 10.6. The summed E-state index contributed by atoms with van der Waals surface area (Å²) in [7, 11) is 1.80. The van der Waals surface area contributed by atoms with E-state index in [1.807, 2.05) is 6.92 Å². The zero-order valence-electron chi connectivity index (χ0n) is 12.7. The minimum Gasteiger partial charge on any atom is -0.394 e. The van der Waals surface area contributed by atoms with Crippen molar-refractivity contribution in [3.05, 3.63) is 28.6 Å². The third kappa shape index (κ3) is 1.94. The average molecular weight is 319 g/mol. The van der Waals surface area contributed by atoms with Gasteiger partial charge in [0.05, 0.1) is 24.7 Å². The van der Waals surface area contributed by atoms with Crippen LogP contribution in [0.4, 0.5) is 0 Å². The summed E-state index contributed by atoms with van der Waals surface area (Å²) in [5, 5.41) is 19.2. The Bertz CT molecular complexity index is 956. The van der Waals surface area contributed by atoms with E-state index in [4.69, 9.17) is 4.74 Å². The number of aryl methyl sites for hydroxylation is 2. The van der Waals surface area contributed by atoms with Crippen molar-refractivity contribution in [3.63, 3.8) is 0 Å². The Kier molecular flexibility index (Phi) is 3.05. The molecular weight excluding hydrogens is 302 g/mol. The smallest absolute Gasteiger partial charge is 0.287 e. The van der Waals surface area contributed by atoms with Crippen molar-refractivity contribution in [1.29, 1.82) is 0 Å². The maximum atomic E-state index is 12.6. The van der Waals surface area contributed by atoms with Gasteiger partial charge in [0.2, 0.25) is 5.78 Å². The molecule has 3 aromatic rings. The van der Waals surface area contributed by atoms with E-state index in [1.54, 1.807) is 22.4 Å². The molecule has 1 aliphatic rings. The van der Waals surface area contributed by atoms with Crippen molar-refractivity contribution in [2.45, 2.75) is 31.8 Å². The highest BCUT2D eigenvalue weighted by atomic mass is 16.5. The van der Waals surface area contributed by atoms with E-state index in [0.717, 1.165) is 5.69 Å². The van der Waals surface area contributed by atoms with E-state index in [0.29, 0.717) is 23.4 Å². The van der Waals surface area contributed by atoms with E-state index in [-0.39, 0.29) is 12.2 Å². The van der Waals surface area contributed by atoms with Crippen LogP contribution in [0.25, 0.3) is 16.9 Å². The third-order valence-electron chi connectivity index (χ3n) is 4.31. The van der Waals surface area contributed by atoms with Crippen LogP contribution in [0.3, 0.4) is 0 Å². The van der Waals surface area contributed by atoms with E-state index in [1.165, 1.54) is 10.7 Å². The number of hydrogen-bond acceptors (Lipinski definition) is 6. The van der Waals surface area contributed by atoms with Crippen LogP contribution < -0.4 is 5.56 Å². The summed E-state index contributed by atoms with van der Waals surface area (Å²) in [6, 6.07) is 0. The van der Waals surface area contributed by atoms with Gasteiger partial charge in [0, 0.05) is 19.7 Å². The van der Waals surface area contributed by atoms with Gasteiger partial charge in [-0.1, -0.05) is 0 Å². The SMILES string of the molecule is Cc1cn2c(=O)c3ncn(C4CC(O)C(CO)O4)c3n(C)c2n1. The fourth-order valence-electron chi connectivity index (χ4n) is 3.18. The highest BCUT2D eigenvalue weighted by Gasteiger charge is 2.35. The van der Waals surface area contributed by atoms with Crippen LogP contribution in [0.1, 0.15) is 18.3 Å². The number of aromatic nitrogens is 5. The molecule has 0 saturated carbocycles. The van der Waals surface area contributed by atoms with Crippen LogP contribution in [0.5, 0.6) is 0 Å². The van der Waals surface area contributed by atoms with E-state index in [9.17, 15) is 15.0 Å².